The van der Waals surface area contributed by atoms with E-state index >= 15 is 0 Å². The van der Waals surface area contributed by atoms with Crippen molar-refractivity contribution in [2.24, 2.45) is 63.6 Å². The molecule has 2 spiro atoms. The van der Waals surface area contributed by atoms with E-state index in [1.54, 1.807) is 0 Å². The Morgan fingerprint density at radius 3 is 1.66 bits per heavy atom. The first-order chi connectivity index (χ1) is 33.5. The zero-order valence-electron chi connectivity index (χ0n) is 43.0. The molecule has 0 radical (unpaired) electrons. The van der Waals surface area contributed by atoms with E-state index in [1.165, 1.54) is 41.7 Å². The topological polar surface area (TPSA) is 210 Å². The average Bonchev–Trinajstić information content (AvgIpc) is 4.04. The van der Waals surface area contributed by atoms with Crippen molar-refractivity contribution in [3.8, 4) is 0 Å². The van der Waals surface area contributed by atoms with Crippen LogP contribution in [0.1, 0.15) is 158 Å². The number of ether oxygens (including phenoxy) is 8. The maximum atomic E-state index is 13.3. The lowest BCUT2D eigenvalue weighted by atomic mass is 9.44. The third-order valence-electron chi connectivity index (χ3n) is 20.0. The van der Waals surface area contributed by atoms with Crippen LogP contribution in [0.3, 0.4) is 0 Å². The van der Waals surface area contributed by atoms with Crippen LogP contribution in [0.5, 0.6) is 0 Å². The molecule has 10 aliphatic rings. The Balaban J connectivity index is 0.000000176. The summed E-state index contributed by atoms with van der Waals surface area (Å²) in [4.78, 5) is 97.9. The normalized spacial score (nSPS) is 44.4. The molecule has 7 unspecified atom stereocenters. The number of esters is 8. The highest BCUT2D eigenvalue weighted by molar-refractivity contribution is 5.76. The first-order valence-electron chi connectivity index (χ1n) is 26.3. The van der Waals surface area contributed by atoms with Crippen molar-refractivity contribution in [3.05, 3.63) is 23.3 Å². The fraction of sp³-hybridized carbons (Fsp3) is 0.782. The smallest absolute Gasteiger partial charge is 0.312 e. The van der Waals surface area contributed by atoms with Crippen molar-refractivity contribution in [2.75, 3.05) is 7.11 Å². The third-order valence-corrected chi connectivity index (χ3v) is 20.0. The van der Waals surface area contributed by atoms with Gasteiger partial charge in [-0.15, -0.1) is 0 Å². The summed E-state index contributed by atoms with van der Waals surface area (Å²) in [5.74, 6) is -2.69. The van der Waals surface area contributed by atoms with Crippen molar-refractivity contribution >= 4 is 47.8 Å². The maximum absolute atomic E-state index is 13.3. The van der Waals surface area contributed by atoms with E-state index in [-0.39, 0.29) is 118 Å². The van der Waals surface area contributed by atoms with Gasteiger partial charge in [0.15, 0.2) is 0 Å². The number of hydrogen-bond donors (Lipinski definition) is 0. The summed E-state index contributed by atoms with van der Waals surface area (Å²) in [5.41, 5.74) is 0.0974. The zero-order valence-corrected chi connectivity index (χ0v) is 43.0. The molecule has 8 aliphatic carbocycles. The predicted molar refractivity (Wildman–Crippen MR) is 250 cm³/mol. The summed E-state index contributed by atoms with van der Waals surface area (Å²) in [7, 11) is 1.41. The molecular weight excluding hydrogens is 917 g/mol. The Hall–Kier alpha value is -4.76. The molecule has 71 heavy (non-hydrogen) atoms. The number of hydrogen-bond acceptors (Lipinski definition) is 16. The van der Waals surface area contributed by atoms with Crippen LogP contribution in [0.25, 0.3) is 0 Å². The van der Waals surface area contributed by atoms with Gasteiger partial charge in [-0.25, -0.2) is 0 Å². The van der Waals surface area contributed by atoms with E-state index < -0.39 is 34.7 Å². The van der Waals surface area contributed by atoms with Gasteiger partial charge in [0, 0.05) is 89.4 Å². The molecule has 18 atom stereocenters. The monoisotopic (exact) mass is 990 g/mol. The fourth-order valence-corrected chi connectivity index (χ4v) is 17.5. The van der Waals surface area contributed by atoms with Gasteiger partial charge in [-0.2, -0.15) is 0 Å². The Kier molecular flexibility index (Phi) is 13.4. The molecule has 390 valence electrons. The molecule has 2 aliphatic heterocycles. The summed E-state index contributed by atoms with van der Waals surface area (Å²) in [5, 5.41) is 0. The average molecular weight is 991 g/mol. The van der Waals surface area contributed by atoms with Crippen LogP contribution in [-0.2, 0) is 76.3 Å². The van der Waals surface area contributed by atoms with Gasteiger partial charge in [0.1, 0.15) is 41.7 Å². The minimum Gasteiger partial charge on any atom is -0.469 e. The second-order valence-corrected chi connectivity index (χ2v) is 23.6. The number of carbonyl (C=O) groups excluding carboxylic acids is 8. The minimum atomic E-state index is -0.587. The zero-order chi connectivity index (χ0) is 51.2. The van der Waals surface area contributed by atoms with Gasteiger partial charge in [-0.3, -0.25) is 38.4 Å². The molecule has 0 N–H and O–H groups in total. The Bertz CT molecular complexity index is 2300. The van der Waals surface area contributed by atoms with Gasteiger partial charge in [0.25, 0.3) is 0 Å². The molecule has 0 aromatic heterocycles. The fourth-order valence-electron chi connectivity index (χ4n) is 17.5. The van der Waals surface area contributed by atoms with E-state index in [9.17, 15) is 38.4 Å². The first-order valence-corrected chi connectivity index (χ1v) is 26.3. The molecule has 8 fully saturated rings. The highest BCUT2D eigenvalue weighted by atomic mass is 16.6. The Morgan fingerprint density at radius 1 is 0.577 bits per heavy atom. The van der Waals surface area contributed by atoms with E-state index in [0.717, 1.165) is 62.5 Å². The Morgan fingerprint density at radius 2 is 1.13 bits per heavy atom. The summed E-state index contributed by atoms with van der Waals surface area (Å²) in [6, 6.07) is 0. The van der Waals surface area contributed by atoms with Gasteiger partial charge in [-0.1, -0.05) is 38.0 Å². The minimum absolute atomic E-state index is 0.0393. The van der Waals surface area contributed by atoms with Gasteiger partial charge < -0.3 is 37.9 Å². The predicted octanol–water partition coefficient (Wildman–Crippen LogP) is 7.55. The number of rotatable bonds is 6. The molecule has 0 amide bonds. The molecule has 2 heterocycles. The SMILES string of the molecule is CC(=O)O[C@H]1CC[C@@]2(C)C(=C[C@H](OC(C)=O)C3C4CC[C@@]5(CCC(=O)O5)C4C[C@@H](OC(C)=O)C32)C1.COC(=O)[C@@H]1C=C2C[C@@H](OC(C)=O)CC[C@]2(C)C2C1C1CC[C@@]3(CCC(=O)O3)[C@@]1(C)C[C@H]2OC(C)=O. The first kappa shape index (κ1) is 51.2. The molecule has 2 saturated heterocycles. The standard InChI is InChI=1S/C28H38O8.C27H36O8/c1-15(29)34-18-6-9-26(3)17(12-18)13-19(25(32)33-5)23-20-7-10-28(11-8-22(31)36-28)27(20,4)14-21(24(23)26)35-16(2)30;1-14(28)32-18-5-8-26(4)17(11-18)12-21(33-15(2)29)24-19-6-9-27(10-7-23(31)35-27)20(19)13-22(25(24)26)34-16(3)30/h13,18-21,23-24H,6-12,14H2,1-5H3;12,18-22,24-25H,5-11,13H2,1-4H3/t18-,19+,20?,21+,23?,24?,26-,27-,28+;18-,19?,20?,21-,22+,24?,25?,26-,27+/m00/s1. The molecular formula is C55H74O16. The second kappa shape index (κ2) is 18.6. The largest absolute Gasteiger partial charge is 0.469 e. The second-order valence-electron chi connectivity index (χ2n) is 23.6. The quantitative estimate of drug-likeness (QED) is 0.143. The van der Waals surface area contributed by atoms with Crippen LogP contribution in [0.2, 0.25) is 0 Å². The molecule has 0 aromatic carbocycles. The van der Waals surface area contributed by atoms with Crippen molar-refractivity contribution in [2.45, 2.75) is 200 Å². The summed E-state index contributed by atoms with van der Waals surface area (Å²) >= 11 is 0. The Labute approximate surface area is 416 Å². The summed E-state index contributed by atoms with van der Waals surface area (Å²) in [6.07, 6.45) is 13.3. The third kappa shape index (κ3) is 8.69. The number of carbonyl (C=O) groups is 8. The van der Waals surface area contributed by atoms with E-state index in [1.807, 2.05) is 0 Å². The lowest BCUT2D eigenvalue weighted by Gasteiger charge is -2.62. The summed E-state index contributed by atoms with van der Waals surface area (Å²) in [6.45, 7) is 13.7. The van der Waals surface area contributed by atoms with Crippen molar-refractivity contribution in [1.82, 2.24) is 0 Å². The summed E-state index contributed by atoms with van der Waals surface area (Å²) < 4.78 is 46.5. The highest BCUT2D eigenvalue weighted by Gasteiger charge is 2.72. The maximum Gasteiger partial charge on any atom is 0.312 e. The van der Waals surface area contributed by atoms with Gasteiger partial charge in [-0.05, 0) is 112 Å². The van der Waals surface area contributed by atoms with Crippen LogP contribution in [0, 0.1) is 63.6 Å². The molecule has 6 saturated carbocycles. The lowest BCUT2D eigenvalue weighted by molar-refractivity contribution is -0.204. The van der Waals surface area contributed by atoms with E-state index in [2.05, 4.69) is 32.9 Å². The number of methoxy groups -OCH3 is 1. The van der Waals surface area contributed by atoms with E-state index in [0.29, 0.717) is 51.4 Å². The van der Waals surface area contributed by atoms with Crippen molar-refractivity contribution < 1.29 is 76.3 Å². The lowest BCUT2D eigenvalue weighted by Crippen LogP contribution is -2.62. The number of fused-ring (bicyclic) bond motifs is 12. The van der Waals surface area contributed by atoms with Gasteiger partial charge >= 0.3 is 47.8 Å². The van der Waals surface area contributed by atoms with Crippen LogP contribution < -0.4 is 0 Å². The molecule has 10 rings (SSSR count). The molecule has 0 bridgehead atoms. The van der Waals surface area contributed by atoms with Crippen molar-refractivity contribution in [3.63, 3.8) is 0 Å². The molecule has 16 heteroatoms. The molecule has 0 aromatic rings. The van der Waals surface area contributed by atoms with Gasteiger partial charge in [0.2, 0.25) is 0 Å². The van der Waals surface area contributed by atoms with Crippen LogP contribution in [0.4, 0.5) is 0 Å². The van der Waals surface area contributed by atoms with Gasteiger partial charge in [0.05, 0.1) is 13.0 Å². The van der Waals surface area contributed by atoms with Crippen LogP contribution in [0.15, 0.2) is 23.3 Å². The van der Waals surface area contributed by atoms with Crippen molar-refractivity contribution in [1.29, 1.82) is 0 Å². The molecule has 16 nitrogen and oxygen atoms in total. The van der Waals surface area contributed by atoms with Crippen LogP contribution in [-0.4, -0.2) is 96.6 Å². The van der Waals surface area contributed by atoms with E-state index in [4.69, 9.17) is 37.9 Å². The van der Waals surface area contributed by atoms with Crippen LogP contribution >= 0.6 is 0 Å². The highest BCUT2D eigenvalue weighted by Crippen LogP contribution is 2.71.